The lowest BCUT2D eigenvalue weighted by Gasteiger charge is -2.04. The second-order valence-corrected chi connectivity index (χ2v) is 1.82. The third-order valence-electron chi connectivity index (χ3n) is 0.925. The molecule has 0 aliphatic rings. The van der Waals surface area contributed by atoms with Gasteiger partial charge in [0, 0.05) is 0 Å². The van der Waals surface area contributed by atoms with Gasteiger partial charge in [-0.2, -0.15) is 4.79 Å². The van der Waals surface area contributed by atoms with Gasteiger partial charge in [0.1, 0.15) is 6.04 Å². The summed E-state index contributed by atoms with van der Waals surface area (Å²) >= 11 is 0. The third kappa shape index (κ3) is 1.54. The summed E-state index contributed by atoms with van der Waals surface area (Å²) < 4.78 is 0. The molecule has 1 unspecified atom stereocenters. The molecule has 0 bridgehead atoms. The molecule has 5 nitrogen and oxygen atoms in total. The van der Waals surface area contributed by atoms with Crippen molar-refractivity contribution in [2.45, 2.75) is 13.0 Å². The van der Waals surface area contributed by atoms with Crippen LogP contribution in [0, 0.1) is 0 Å². The normalized spacial score (nSPS) is 12.5. The van der Waals surface area contributed by atoms with Gasteiger partial charge in [-0.1, -0.05) is 0 Å². The van der Waals surface area contributed by atoms with Crippen LogP contribution in [0.1, 0.15) is 6.92 Å². The maximum Gasteiger partial charge on any atom is 0.224 e. The zero-order valence-electron chi connectivity index (χ0n) is 5.48. The second kappa shape index (κ2) is 2.95. The van der Waals surface area contributed by atoms with Gasteiger partial charge in [-0.25, -0.2) is 0 Å². The smallest absolute Gasteiger partial charge is 0.224 e. The quantitative estimate of drug-likeness (QED) is 0.602. The van der Waals surface area contributed by atoms with Crippen molar-refractivity contribution in [2.24, 2.45) is 0 Å². The van der Waals surface area contributed by atoms with E-state index in [1.807, 2.05) is 0 Å². The molecule has 0 saturated heterocycles. The van der Waals surface area contributed by atoms with Crippen LogP contribution in [0.25, 0.3) is 0 Å². The highest BCUT2D eigenvalue weighted by atomic mass is 16.1. The molecule has 0 fully saturated rings. The summed E-state index contributed by atoms with van der Waals surface area (Å²) in [5, 5.41) is 7.11. The van der Waals surface area contributed by atoms with E-state index in [4.69, 9.17) is 0 Å². The predicted molar refractivity (Wildman–Crippen MR) is 34.5 cm³/mol. The average Bonchev–Trinajstić information content (AvgIpc) is 2.40. The van der Waals surface area contributed by atoms with Crippen molar-refractivity contribution < 1.29 is 4.79 Å². The summed E-state index contributed by atoms with van der Waals surface area (Å²) in [5.74, 6) is 0. The Labute approximate surface area is 58.0 Å². The Morgan fingerprint density at radius 3 is 3.10 bits per heavy atom. The van der Waals surface area contributed by atoms with E-state index >= 15 is 0 Å². The van der Waals surface area contributed by atoms with Gasteiger partial charge >= 0.3 is 0 Å². The summed E-state index contributed by atoms with van der Waals surface area (Å²) in [4.78, 5) is 11.3. The van der Waals surface area contributed by atoms with Gasteiger partial charge in [0.2, 0.25) is 6.29 Å². The van der Waals surface area contributed by atoms with Crippen molar-refractivity contribution >= 4 is 6.29 Å². The maximum absolute atomic E-state index is 9.98. The van der Waals surface area contributed by atoms with Crippen molar-refractivity contribution in [3.05, 3.63) is 12.4 Å². The molecule has 10 heavy (non-hydrogen) atoms. The Balaban J connectivity index is 2.47. The Hall–Kier alpha value is -1.39. The van der Waals surface area contributed by atoms with Crippen LogP contribution in [0.3, 0.4) is 0 Å². The maximum atomic E-state index is 9.98. The molecule has 5 heteroatoms. The van der Waals surface area contributed by atoms with Crippen LogP contribution in [0.2, 0.25) is 0 Å². The van der Waals surface area contributed by atoms with E-state index in [-0.39, 0.29) is 6.04 Å². The van der Waals surface area contributed by atoms with Crippen molar-refractivity contribution in [3.8, 4) is 0 Å². The van der Waals surface area contributed by atoms with E-state index in [1.165, 1.54) is 11.0 Å². The van der Waals surface area contributed by atoms with E-state index in [0.717, 1.165) is 0 Å². The number of hydrogen-bond donors (Lipinski definition) is 1. The largest absolute Gasteiger partial charge is 0.298 e. The molecule has 53 valence electrons. The fourth-order valence-electron chi connectivity index (χ4n) is 0.502. The summed E-state index contributed by atoms with van der Waals surface area (Å²) in [6.07, 6.45) is 4.88. The van der Waals surface area contributed by atoms with Crippen LogP contribution >= 0.6 is 0 Å². The highest BCUT2D eigenvalue weighted by Crippen LogP contribution is 1.78. The minimum Gasteiger partial charge on any atom is -0.298 e. The molecule has 0 saturated carbocycles. The molecule has 1 aromatic rings. The Bertz CT molecular complexity index is 195. The van der Waals surface area contributed by atoms with E-state index in [0.29, 0.717) is 0 Å². The fourth-order valence-corrected chi connectivity index (χ4v) is 0.502. The van der Waals surface area contributed by atoms with Gasteiger partial charge in [-0.15, -0.1) is 5.10 Å². The standard InChI is InChI=1S/C5H7N4O/c1-5(4-10)7-9-3-2-6-8-9/h2-3,5,7H,1H3. The lowest BCUT2D eigenvalue weighted by Crippen LogP contribution is -2.26. The zero-order chi connectivity index (χ0) is 7.40. The number of aromatic nitrogens is 3. The van der Waals surface area contributed by atoms with E-state index in [9.17, 15) is 4.79 Å². The number of nitrogens with zero attached hydrogens (tertiary/aromatic N) is 3. The SMILES string of the molecule is CC([C]=O)Nn1ccnn1. The number of hydrogen-bond acceptors (Lipinski definition) is 4. The summed E-state index contributed by atoms with van der Waals surface area (Å²) in [7, 11) is 0. The van der Waals surface area contributed by atoms with Gasteiger partial charge in [-0.3, -0.25) is 10.2 Å². The lowest BCUT2D eigenvalue weighted by atomic mass is 10.4. The minimum atomic E-state index is -0.360. The Morgan fingerprint density at radius 2 is 2.60 bits per heavy atom. The van der Waals surface area contributed by atoms with Crippen molar-refractivity contribution in [1.82, 2.24) is 15.1 Å². The first-order valence-electron chi connectivity index (χ1n) is 2.83. The first kappa shape index (κ1) is 6.73. The van der Waals surface area contributed by atoms with Crippen LogP contribution < -0.4 is 5.43 Å². The van der Waals surface area contributed by atoms with Crippen LogP contribution in [0.15, 0.2) is 12.4 Å². The molecule has 0 aliphatic carbocycles. The summed E-state index contributed by atoms with van der Waals surface area (Å²) in [6, 6.07) is -0.360. The first-order valence-corrected chi connectivity index (χ1v) is 2.83. The van der Waals surface area contributed by atoms with Gasteiger partial charge < -0.3 is 0 Å². The van der Waals surface area contributed by atoms with Gasteiger partial charge in [0.05, 0.1) is 12.4 Å². The number of nitrogens with one attached hydrogen (secondary N) is 1. The van der Waals surface area contributed by atoms with E-state index in [2.05, 4.69) is 15.7 Å². The highest BCUT2D eigenvalue weighted by molar-refractivity contribution is 5.59. The minimum absolute atomic E-state index is 0.360. The third-order valence-corrected chi connectivity index (χ3v) is 0.925. The molecule has 0 aliphatic heterocycles. The predicted octanol–water partition coefficient (Wildman–Crippen LogP) is -0.680. The van der Waals surface area contributed by atoms with E-state index in [1.54, 1.807) is 19.4 Å². The van der Waals surface area contributed by atoms with Crippen LogP contribution in [-0.2, 0) is 4.79 Å². The number of rotatable bonds is 3. The Morgan fingerprint density at radius 1 is 1.80 bits per heavy atom. The summed E-state index contributed by atoms with van der Waals surface area (Å²) in [6.45, 7) is 1.68. The Kier molecular flexibility index (Phi) is 1.99. The number of carbonyl (C=O) groups excluding carboxylic acids is 1. The molecule has 1 aromatic heterocycles. The van der Waals surface area contributed by atoms with Crippen molar-refractivity contribution in [2.75, 3.05) is 5.43 Å². The lowest BCUT2D eigenvalue weighted by molar-refractivity contribution is 0.540. The summed E-state index contributed by atoms with van der Waals surface area (Å²) in [5.41, 5.74) is 2.69. The van der Waals surface area contributed by atoms with Gasteiger partial charge in [-0.05, 0) is 12.1 Å². The molecule has 1 rings (SSSR count). The fraction of sp³-hybridized carbons (Fsp3) is 0.400. The topological polar surface area (TPSA) is 59.8 Å². The van der Waals surface area contributed by atoms with Gasteiger partial charge in [0.15, 0.2) is 0 Å². The van der Waals surface area contributed by atoms with E-state index < -0.39 is 0 Å². The molecular formula is C5H7N4O. The monoisotopic (exact) mass is 139 g/mol. The molecule has 0 aromatic carbocycles. The molecule has 1 N–H and O–H groups in total. The van der Waals surface area contributed by atoms with Crippen LogP contribution in [-0.4, -0.2) is 27.4 Å². The second-order valence-electron chi connectivity index (χ2n) is 1.82. The van der Waals surface area contributed by atoms with Crippen LogP contribution in [0.4, 0.5) is 0 Å². The average molecular weight is 139 g/mol. The molecule has 1 heterocycles. The molecule has 0 spiro atoms. The van der Waals surface area contributed by atoms with Crippen LogP contribution in [0.5, 0.6) is 0 Å². The van der Waals surface area contributed by atoms with Crippen molar-refractivity contribution in [1.29, 1.82) is 0 Å². The van der Waals surface area contributed by atoms with Crippen molar-refractivity contribution in [3.63, 3.8) is 0 Å². The van der Waals surface area contributed by atoms with Gasteiger partial charge in [0.25, 0.3) is 0 Å². The first-order chi connectivity index (χ1) is 4.83. The molecular weight excluding hydrogens is 132 g/mol. The molecule has 1 radical (unpaired) electrons. The molecule has 1 atom stereocenters. The highest BCUT2D eigenvalue weighted by Gasteiger charge is 1.97. The molecule has 0 amide bonds. The zero-order valence-corrected chi connectivity index (χ0v) is 5.48.